The summed E-state index contributed by atoms with van der Waals surface area (Å²) in [6.45, 7) is 2.51. The molecule has 0 aliphatic rings. The molecule has 1 aromatic carbocycles. The van der Waals surface area contributed by atoms with E-state index in [1.807, 2.05) is 25.1 Å². The first-order valence-electron chi connectivity index (χ1n) is 6.07. The molecule has 20 heavy (non-hydrogen) atoms. The number of aromatic nitrogens is 3. The SMILES string of the molecule is CCCn1c(COc2ccccc2)nnc1S(=O)(=O)Cl. The second-order valence-corrected chi connectivity index (χ2v) is 6.55. The Labute approximate surface area is 121 Å². The zero-order chi connectivity index (χ0) is 14.6. The molecule has 1 aromatic heterocycles. The average molecular weight is 316 g/mol. The topological polar surface area (TPSA) is 74.1 Å². The molecule has 0 spiro atoms. The van der Waals surface area contributed by atoms with Crippen LogP contribution in [0.1, 0.15) is 19.2 Å². The molecule has 1 heterocycles. The molecule has 0 radical (unpaired) electrons. The van der Waals surface area contributed by atoms with Crippen LogP contribution in [0.3, 0.4) is 0 Å². The minimum atomic E-state index is -3.91. The van der Waals surface area contributed by atoms with Crippen LogP contribution >= 0.6 is 10.7 Å². The number of hydrogen-bond acceptors (Lipinski definition) is 5. The van der Waals surface area contributed by atoms with Gasteiger partial charge in [-0.2, -0.15) is 0 Å². The van der Waals surface area contributed by atoms with Crippen molar-refractivity contribution in [2.24, 2.45) is 0 Å². The van der Waals surface area contributed by atoms with E-state index < -0.39 is 9.05 Å². The van der Waals surface area contributed by atoms with Gasteiger partial charge in [0.25, 0.3) is 14.2 Å². The Bertz CT molecular complexity index is 671. The van der Waals surface area contributed by atoms with E-state index >= 15 is 0 Å². The van der Waals surface area contributed by atoms with E-state index in [2.05, 4.69) is 10.2 Å². The Morgan fingerprint density at radius 3 is 2.55 bits per heavy atom. The Morgan fingerprint density at radius 2 is 1.95 bits per heavy atom. The molecule has 0 aliphatic heterocycles. The summed E-state index contributed by atoms with van der Waals surface area (Å²) in [5.74, 6) is 1.10. The van der Waals surface area contributed by atoms with Crippen molar-refractivity contribution in [1.29, 1.82) is 0 Å². The Balaban J connectivity index is 2.22. The molecule has 8 heteroatoms. The summed E-state index contributed by atoms with van der Waals surface area (Å²) in [6.07, 6.45) is 0.732. The fourth-order valence-electron chi connectivity index (χ4n) is 1.72. The van der Waals surface area contributed by atoms with E-state index in [-0.39, 0.29) is 11.8 Å². The van der Waals surface area contributed by atoms with E-state index in [4.69, 9.17) is 15.4 Å². The minimum Gasteiger partial charge on any atom is -0.486 e. The molecule has 0 saturated heterocycles. The maximum absolute atomic E-state index is 11.4. The number of para-hydroxylation sites is 1. The summed E-state index contributed by atoms with van der Waals surface area (Å²) in [6, 6.07) is 9.19. The highest BCUT2D eigenvalue weighted by Gasteiger charge is 2.22. The van der Waals surface area contributed by atoms with E-state index in [0.29, 0.717) is 18.1 Å². The molecule has 0 N–H and O–H groups in total. The molecule has 0 aliphatic carbocycles. The van der Waals surface area contributed by atoms with Gasteiger partial charge in [-0.1, -0.05) is 25.1 Å². The lowest BCUT2D eigenvalue weighted by molar-refractivity contribution is 0.287. The van der Waals surface area contributed by atoms with Crippen molar-refractivity contribution in [3.05, 3.63) is 36.2 Å². The highest BCUT2D eigenvalue weighted by atomic mass is 35.7. The monoisotopic (exact) mass is 315 g/mol. The maximum Gasteiger partial charge on any atom is 0.296 e. The molecule has 6 nitrogen and oxygen atoms in total. The first-order chi connectivity index (χ1) is 9.52. The van der Waals surface area contributed by atoms with Gasteiger partial charge in [-0.25, -0.2) is 8.42 Å². The van der Waals surface area contributed by atoms with E-state index in [9.17, 15) is 8.42 Å². The third-order valence-electron chi connectivity index (χ3n) is 2.57. The number of rotatable bonds is 6. The van der Waals surface area contributed by atoms with Crippen LogP contribution in [0.25, 0.3) is 0 Å². The Hall–Kier alpha value is -1.60. The largest absolute Gasteiger partial charge is 0.486 e. The van der Waals surface area contributed by atoms with Crippen molar-refractivity contribution in [3.63, 3.8) is 0 Å². The number of ether oxygens (including phenoxy) is 1. The summed E-state index contributed by atoms with van der Waals surface area (Å²) in [7, 11) is 1.43. The minimum absolute atomic E-state index is 0.128. The number of nitrogens with zero attached hydrogens (tertiary/aromatic N) is 3. The standard InChI is InChI=1S/C12H14ClN3O3S/c1-2-8-16-11(14-15-12(16)20(13,17)18)9-19-10-6-4-3-5-7-10/h3-7H,2,8-9H2,1H3. The third kappa shape index (κ3) is 3.49. The van der Waals surface area contributed by atoms with Crippen molar-refractivity contribution in [1.82, 2.24) is 14.8 Å². The predicted molar refractivity (Wildman–Crippen MR) is 74.1 cm³/mol. The molecule has 0 unspecified atom stereocenters. The lowest BCUT2D eigenvalue weighted by atomic mass is 10.3. The normalized spacial score (nSPS) is 11.5. The zero-order valence-electron chi connectivity index (χ0n) is 10.9. The van der Waals surface area contributed by atoms with Gasteiger partial charge in [-0.05, 0) is 18.6 Å². The van der Waals surface area contributed by atoms with Crippen LogP contribution in [0.5, 0.6) is 5.75 Å². The van der Waals surface area contributed by atoms with Crippen molar-refractivity contribution >= 4 is 19.7 Å². The molecular formula is C12H14ClN3O3S. The van der Waals surface area contributed by atoms with Gasteiger partial charge in [-0.3, -0.25) is 4.57 Å². The van der Waals surface area contributed by atoms with Crippen LogP contribution in [0.4, 0.5) is 0 Å². The van der Waals surface area contributed by atoms with Crippen LogP contribution < -0.4 is 4.74 Å². The first-order valence-corrected chi connectivity index (χ1v) is 8.38. The van der Waals surface area contributed by atoms with E-state index in [0.717, 1.165) is 6.42 Å². The molecule has 0 bridgehead atoms. The van der Waals surface area contributed by atoms with Gasteiger partial charge in [0.2, 0.25) is 0 Å². The average Bonchev–Trinajstić information content (AvgIpc) is 2.81. The molecule has 0 amide bonds. The quantitative estimate of drug-likeness (QED) is 0.764. The number of halogens is 1. The third-order valence-corrected chi connectivity index (χ3v) is 3.72. The lowest BCUT2D eigenvalue weighted by Crippen LogP contribution is -2.11. The highest BCUT2D eigenvalue weighted by molar-refractivity contribution is 8.13. The van der Waals surface area contributed by atoms with Gasteiger partial charge < -0.3 is 4.74 Å². The van der Waals surface area contributed by atoms with Crippen LogP contribution in [-0.4, -0.2) is 23.2 Å². The van der Waals surface area contributed by atoms with Crippen molar-refractivity contribution in [3.8, 4) is 5.75 Å². The van der Waals surface area contributed by atoms with Crippen LogP contribution in [0.15, 0.2) is 35.5 Å². The highest BCUT2D eigenvalue weighted by Crippen LogP contribution is 2.16. The molecule has 0 atom stereocenters. The van der Waals surface area contributed by atoms with Gasteiger partial charge in [-0.15, -0.1) is 10.2 Å². The summed E-state index contributed by atoms with van der Waals surface area (Å²) in [5.41, 5.74) is 0. The predicted octanol–water partition coefficient (Wildman–Crippen LogP) is 2.19. The molecule has 2 aromatic rings. The van der Waals surface area contributed by atoms with Crippen LogP contribution in [0.2, 0.25) is 0 Å². The molecule has 0 saturated carbocycles. The number of hydrogen-bond donors (Lipinski definition) is 0. The summed E-state index contributed by atoms with van der Waals surface area (Å²) < 4.78 is 29.8. The zero-order valence-corrected chi connectivity index (χ0v) is 12.4. The van der Waals surface area contributed by atoms with Crippen molar-refractivity contribution in [2.45, 2.75) is 31.7 Å². The molecule has 0 fully saturated rings. The van der Waals surface area contributed by atoms with Gasteiger partial charge in [0.1, 0.15) is 12.4 Å². The summed E-state index contributed by atoms with van der Waals surface area (Å²) >= 11 is 0. The summed E-state index contributed by atoms with van der Waals surface area (Å²) in [4.78, 5) is 0. The lowest BCUT2D eigenvalue weighted by Gasteiger charge is -2.08. The smallest absolute Gasteiger partial charge is 0.296 e. The van der Waals surface area contributed by atoms with Gasteiger partial charge in [0.05, 0.1) is 0 Å². The van der Waals surface area contributed by atoms with Crippen molar-refractivity contribution < 1.29 is 13.2 Å². The van der Waals surface area contributed by atoms with Crippen LogP contribution in [0, 0.1) is 0 Å². The van der Waals surface area contributed by atoms with E-state index in [1.165, 1.54) is 4.57 Å². The van der Waals surface area contributed by atoms with Crippen molar-refractivity contribution in [2.75, 3.05) is 0 Å². The Kier molecular flexibility index (Phi) is 4.61. The Morgan fingerprint density at radius 1 is 1.25 bits per heavy atom. The first kappa shape index (κ1) is 14.8. The van der Waals surface area contributed by atoms with Crippen LogP contribution in [-0.2, 0) is 22.2 Å². The second-order valence-electron chi connectivity index (χ2n) is 4.09. The number of benzene rings is 1. The molecular weight excluding hydrogens is 302 g/mol. The molecule has 108 valence electrons. The van der Waals surface area contributed by atoms with Gasteiger partial charge in [0, 0.05) is 17.2 Å². The second kappa shape index (κ2) is 6.23. The van der Waals surface area contributed by atoms with Gasteiger partial charge >= 0.3 is 0 Å². The summed E-state index contributed by atoms with van der Waals surface area (Å²) in [5, 5.41) is 7.23. The van der Waals surface area contributed by atoms with Gasteiger partial charge in [0.15, 0.2) is 5.82 Å². The fourth-order valence-corrected chi connectivity index (χ4v) is 2.66. The fraction of sp³-hybridized carbons (Fsp3) is 0.333. The maximum atomic E-state index is 11.4. The molecule has 2 rings (SSSR count). The van der Waals surface area contributed by atoms with E-state index in [1.54, 1.807) is 12.1 Å².